The number of ether oxygens (including phenoxy) is 2. The van der Waals surface area contributed by atoms with Crippen LogP contribution in [0.3, 0.4) is 0 Å². The fourth-order valence-electron chi connectivity index (χ4n) is 4.64. The summed E-state index contributed by atoms with van der Waals surface area (Å²) in [7, 11) is 1.68. The van der Waals surface area contributed by atoms with E-state index in [-0.39, 0.29) is 5.91 Å². The van der Waals surface area contributed by atoms with Crippen LogP contribution in [0.1, 0.15) is 55.4 Å². The molecule has 0 atom stereocenters. The largest absolute Gasteiger partial charge is 0.496 e. The van der Waals surface area contributed by atoms with Gasteiger partial charge < -0.3 is 24.3 Å². The standard InChI is InChI=1S/C32H41N5O3/c1-5-18-37-30(35-28-13-9-16-34-31(28)37)23-36(19-15-24(2)3)32(38)25-11-8-12-27(21-25)40-20-17-33-22-26-10-6-7-14-29(26)39-4/h6-14,16,21,24,33H,5,15,17-20,22-23H2,1-4H3. The second-order valence-corrected chi connectivity index (χ2v) is 10.3. The molecule has 0 aliphatic carbocycles. The first-order valence-electron chi connectivity index (χ1n) is 14.1. The number of fused-ring (bicyclic) bond motifs is 1. The second kappa shape index (κ2) is 14.5. The summed E-state index contributed by atoms with van der Waals surface area (Å²) in [5.74, 6) is 2.86. The Morgan fingerprint density at radius 3 is 2.75 bits per heavy atom. The minimum absolute atomic E-state index is 0.0246. The van der Waals surface area contributed by atoms with E-state index in [9.17, 15) is 4.79 Å². The van der Waals surface area contributed by atoms with Crippen LogP contribution in [0, 0.1) is 5.92 Å². The van der Waals surface area contributed by atoms with Gasteiger partial charge in [0, 0.05) is 43.5 Å². The first kappa shape index (κ1) is 29.1. The Hall–Kier alpha value is -3.91. The molecule has 0 unspecified atom stereocenters. The summed E-state index contributed by atoms with van der Waals surface area (Å²) in [6.07, 6.45) is 3.66. The van der Waals surface area contributed by atoms with Crippen LogP contribution in [0.2, 0.25) is 0 Å². The second-order valence-electron chi connectivity index (χ2n) is 10.3. The maximum absolute atomic E-state index is 13.8. The van der Waals surface area contributed by atoms with Crippen LogP contribution in [0.4, 0.5) is 0 Å². The number of aryl methyl sites for hydroxylation is 1. The van der Waals surface area contributed by atoms with Crippen molar-refractivity contribution in [2.75, 3.05) is 26.8 Å². The number of nitrogens with one attached hydrogen (secondary N) is 1. The number of hydrogen-bond donors (Lipinski definition) is 1. The maximum atomic E-state index is 13.8. The molecule has 0 bridgehead atoms. The summed E-state index contributed by atoms with van der Waals surface area (Å²) in [4.78, 5) is 25.1. The van der Waals surface area contributed by atoms with Gasteiger partial charge in [-0.2, -0.15) is 0 Å². The quantitative estimate of drug-likeness (QED) is 0.194. The average molecular weight is 544 g/mol. The van der Waals surface area contributed by atoms with Gasteiger partial charge >= 0.3 is 0 Å². The highest BCUT2D eigenvalue weighted by atomic mass is 16.5. The van der Waals surface area contributed by atoms with Gasteiger partial charge in [0.1, 0.15) is 29.4 Å². The molecule has 1 N–H and O–H groups in total. The molecule has 0 radical (unpaired) electrons. The number of hydrogen-bond acceptors (Lipinski definition) is 6. The Morgan fingerprint density at radius 2 is 1.95 bits per heavy atom. The molecule has 8 nitrogen and oxygen atoms in total. The van der Waals surface area contributed by atoms with Crippen LogP contribution in [-0.4, -0.2) is 52.1 Å². The third-order valence-electron chi connectivity index (χ3n) is 6.76. The number of aromatic nitrogens is 3. The fourth-order valence-corrected chi connectivity index (χ4v) is 4.64. The molecule has 212 valence electrons. The fraction of sp³-hybridized carbons (Fsp3) is 0.406. The number of imidazole rings is 1. The third kappa shape index (κ3) is 7.60. The zero-order chi connectivity index (χ0) is 28.3. The van der Waals surface area contributed by atoms with E-state index in [0.717, 1.165) is 47.7 Å². The smallest absolute Gasteiger partial charge is 0.254 e. The predicted molar refractivity (Wildman–Crippen MR) is 159 cm³/mol. The monoisotopic (exact) mass is 543 g/mol. The zero-order valence-electron chi connectivity index (χ0n) is 24.1. The molecule has 0 saturated carbocycles. The number of methoxy groups -OCH3 is 1. The lowest BCUT2D eigenvalue weighted by molar-refractivity contribution is 0.0729. The molecule has 1 amide bonds. The van der Waals surface area contributed by atoms with Crippen molar-refractivity contribution >= 4 is 17.1 Å². The lowest BCUT2D eigenvalue weighted by atomic mass is 10.1. The van der Waals surface area contributed by atoms with Crippen molar-refractivity contribution in [2.24, 2.45) is 5.92 Å². The molecule has 2 heterocycles. The Morgan fingerprint density at radius 1 is 1.10 bits per heavy atom. The van der Waals surface area contributed by atoms with E-state index in [4.69, 9.17) is 14.5 Å². The number of pyridine rings is 1. The van der Waals surface area contributed by atoms with E-state index in [0.29, 0.717) is 50.0 Å². The van der Waals surface area contributed by atoms with E-state index < -0.39 is 0 Å². The minimum Gasteiger partial charge on any atom is -0.496 e. The summed E-state index contributed by atoms with van der Waals surface area (Å²) in [5.41, 5.74) is 3.43. The molecule has 40 heavy (non-hydrogen) atoms. The molecule has 0 fully saturated rings. The van der Waals surface area contributed by atoms with Gasteiger partial charge in [-0.1, -0.05) is 45.0 Å². The molecule has 0 spiro atoms. The number of carbonyl (C=O) groups excluding carboxylic acids is 1. The van der Waals surface area contributed by atoms with E-state index in [1.54, 1.807) is 13.3 Å². The van der Waals surface area contributed by atoms with Gasteiger partial charge in [-0.15, -0.1) is 0 Å². The highest BCUT2D eigenvalue weighted by Crippen LogP contribution is 2.20. The van der Waals surface area contributed by atoms with Gasteiger partial charge in [0.05, 0.1) is 13.7 Å². The molecular formula is C32H41N5O3. The number of carbonyl (C=O) groups is 1. The van der Waals surface area contributed by atoms with Crippen molar-refractivity contribution < 1.29 is 14.3 Å². The van der Waals surface area contributed by atoms with Gasteiger partial charge in [-0.05, 0) is 55.2 Å². The van der Waals surface area contributed by atoms with E-state index in [2.05, 4.69) is 35.6 Å². The van der Waals surface area contributed by atoms with Crippen LogP contribution in [0.25, 0.3) is 11.2 Å². The van der Waals surface area contributed by atoms with Crippen molar-refractivity contribution in [3.63, 3.8) is 0 Å². The van der Waals surface area contributed by atoms with Crippen LogP contribution in [0.5, 0.6) is 11.5 Å². The lowest BCUT2D eigenvalue weighted by Crippen LogP contribution is -2.33. The third-order valence-corrected chi connectivity index (χ3v) is 6.76. The van der Waals surface area contributed by atoms with E-state index >= 15 is 0 Å². The van der Waals surface area contributed by atoms with Gasteiger partial charge in [-0.3, -0.25) is 4.79 Å². The van der Waals surface area contributed by atoms with Crippen molar-refractivity contribution in [3.05, 3.63) is 83.8 Å². The number of amides is 1. The summed E-state index contributed by atoms with van der Waals surface area (Å²) in [6.45, 7) is 10.2. The molecule has 0 aliphatic rings. The maximum Gasteiger partial charge on any atom is 0.254 e. The van der Waals surface area contributed by atoms with Gasteiger partial charge in [-0.25, -0.2) is 9.97 Å². The molecule has 4 aromatic rings. The first-order chi connectivity index (χ1) is 19.5. The van der Waals surface area contributed by atoms with E-state index in [1.807, 2.05) is 65.6 Å². The summed E-state index contributed by atoms with van der Waals surface area (Å²) >= 11 is 0. The van der Waals surface area contributed by atoms with Crippen LogP contribution < -0.4 is 14.8 Å². The van der Waals surface area contributed by atoms with E-state index in [1.165, 1.54) is 0 Å². The Bertz CT molecular complexity index is 1380. The Kier molecular flexibility index (Phi) is 10.5. The molecule has 0 aliphatic heterocycles. The zero-order valence-corrected chi connectivity index (χ0v) is 24.1. The summed E-state index contributed by atoms with van der Waals surface area (Å²) < 4.78 is 13.5. The first-order valence-corrected chi connectivity index (χ1v) is 14.1. The molecule has 8 heteroatoms. The number of rotatable bonds is 15. The van der Waals surface area contributed by atoms with Crippen molar-refractivity contribution in [2.45, 2.75) is 53.2 Å². The van der Waals surface area contributed by atoms with Crippen LogP contribution in [-0.2, 0) is 19.6 Å². The molecule has 2 aromatic heterocycles. The minimum atomic E-state index is -0.0246. The normalized spacial score (nSPS) is 11.2. The summed E-state index contributed by atoms with van der Waals surface area (Å²) in [5, 5.41) is 3.39. The highest BCUT2D eigenvalue weighted by molar-refractivity contribution is 5.94. The topological polar surface area (TPSA) is 81.5 Å². The van der Waals surface area contributed by atoms with Crippen molar-refractivity contribution in [1.82, 2.24) is 24.8 Å². The molecular weight excluding hydrogens is 502 g/mol. The van der Waals surface area contributed by atoms with Gasteiger partial charge in [0.15, 0.2) is 5.65 Å². The molecule has 4 rings (SSSR count). The number of para-hydroxylation sites is 1. The Balaban J connectivity index is 1.42. The van der Waals surface area contributed by atoms with Crippen molar-refractivity contribution in [3.8, 4) is 11.5 Å². The number of benzene rings is 2. The van der Waals surface area contributed by atoms with Gasteiger partial charge in [0.25, 0.3) is 5.91 Å². The van der Waals surface area contributed by atoms with Gasteiger partial charge in [0.2, 0.25) is 0 Å². The summed E-state index contributed by atoms with van der Waals surface area (Å²) in [6, 6.07) is 19.3. The average Bonchev–Trinajstić information content (AvgIpc) is 3.32. The van der Waals surface area contributed by atoms with Crippen molar-refractivity contribution in [1.29, 1.82) is 0 Å². The predicted octanol–water partition coefficient (Wildman–Crippen LogP) is 5.71. The molecule has 2 aromatic carbocycles. The highest BCUT2D eigenvalue weighted by Gasteiger charge is 2.21. The Labute approximate surface area is 237 Å². The number of nitrogens with zero attached hydrogens (tertiary/aromatic N) is 4. The molecule has 0 saturated heterocycles. The van der Waals surface area contributed by atoms with Crippen LogP contribution >= 0.6 is 0 Å². The SMILES string of the molecule is CCCn1c(CN(CCC(C)C)C(=O)c2cccc(OCCNCc3ccccc3OC)c2)nc2cccnc21. The lowest BCUT2D eigenvalue weighted by Gasteiger charge is -2.24. The van der Waals surface area contributed by atoms with Crippen LogP contribution in [0.15, 0.2) is 66.9 Å².